The van der Waals surface area contributed by atoms with Crippen molar-refractivity contribution in [2.75, 3.05) is 7.05 Å². The lowest BCUT2D eigenvalue weighted by Gasteiger charge is -2.29. The van der Waals surface area contributed by atoms with Crippen LogP contribution in [0.4, 0.5) is 4.79 Å². The van der Waals surface area contributed by atoms with Crippen LogP contribution < -0.4 is 0 Å². The zero-order valence-corrected chi connectivity index (χ0v) is 11.1. The first kappa shape index (κ1) is 13.7. The maximum Gasteiger partial charge on any atom is 0.410 e. The molecule has 0 aliphatic heterocycles. The van der Waals surface area contributed by atoms with Crippen LogP contribution in [0.1, 0.15) is 40.0 Å². The number of allylic oxidation sites excluding steroid dienone is 1. The summed E-state index contributed by atoms with van der Waals surface area (Å²) in [6.45, 7) is 8.98. The van der Waals surface area contributed by atoms with Crippen molar-refractivity contribution < 1.29 is 14.3 Å². The molecule has 4 heteroatoms. The van der Waals surface area contributed by atoms with Crippen molar-refractivity contribution >= 4 is 11.9 Å². The average Bonchev–Trinajstić information content (AvgIpc) is 2.95. The van der Waals surface area contributed by atoms with E-state index in [1.165, 1.54) is 4.90 Å². The molecule has 4 nitrogen and oxygen atoms in total. The summed E-state index contributed by atoms with van der Waals surface area (Å²) >= 11 is 0. The Hall–Kier alpha value is -1.32. The maximum atomic E-state index is 11.9. The summed E-state index contributed by atoms with van der Waals surface area (Å²) in [7, 11) is 1.63. The van der Waals surface area contributed by atoms with Gasteiger partial charge in [-0.15, -0.1) is 6.58 Å². The van der Waals surface area contributed by atoms with E-state index in [0.717, 1.165) is 12.8 Å². The highest BCUT2D eigenvalue weighted by atomic mass is 16.6. The molecule has 1 aliphatic rings. The number of ketones is 1. The fourth-order valence-electron chi connectivity index (χ4n) is 1.75. The Morgan fingerprint density at radius 2 is 1.94 bits per heavy atom. The molecular formula is C13H21NO3. The minimum atomic E-state index is -0.642. The number of rotatable bonds is 4. The first-order valence-corrected chi connectivity index (χ1v) is 5.84. The number of amides is 1. The third-order valence-corrected chi connectivity index (χ3v) is 2.88. The van der Waals surface area contributed by atoms with Gasteiger partial charge in [-0.3, -0.25) is 9.69 Å². The monoisotopic (exact) mass is 239 g/mol. The van der Waals surface area contributed by atoms with Crippen molar-refractivity contribution in [1.82, 2.24) is 4.90 Å². The normalized spacial score (nSPS) is 17.2. The number of ether oxygens (including phenoxy) is 1. The summed E-state index contributed by atoms with van der Waals surface area (Å²) in [4.78, 5) is 25.2. The number of nitrogens with zero attached hydrogens (tertiary/aromatic N) is 1. The lowest BCUT2D eigenvalue weighted by Crippen LogP contribution is -2.46. The second-order valence-electron chi connectivity index (χ2n) is 5.49. The van der Waals surface area contributed by atoms with Crippen molar-refractivity contribution in [3.63, 3.8) is 0 Å². The summed E-state index contributed by atoms with van der Waals surface area (Å²) in [5, 5.41) is 0. The molecule has 0 atom stereocenters. The van der Waals surface area contributed by atoms with Gasteiger partial charge in [0.15, 0.2) is 5.78 Å². The summed E-state index contributed by atoms with van der Waals surface area (Å²) in [6, 6.07) is 0. The molecular weight excluding hydrogens is 218 g/mol. The molecule has 96 valence electrons. The van der Waals surface area contributed by atoms with Crippen LogP contribution in [0.15, 0.2) is 12.7 Å². The average molecular weight is 239 g/mol. The minimum Gasteiger partial charge on any atom is -0.444 e. The molecule has 0 heterocycles. The van der Waals surface area contributed by atoms with Crippen molar-refractivity contribution in [2.24, 2.45) is 0 Å². The summed E-state index contributed by atoms with van der Waals surface area (Å²) < 4.78 is 5.26. The van der Waals surface area contributed by atoms with Gasteiger partial charge in [0.2, 0.25) is 0 Å². The minimum absolute atomic E-state index is 0.0425. The van der Waals surface area contributed by atoms with Gasteiger partial charge in [-0.25, -0.2) is 4.79 Å². The molecule has 0 saturated heterocycles. The summed E-state index contributed by atoms with van der Waals surface area (Å²) in [5.74, 6) is 0.0425. The van der Waals surface area contributed by atoms with Crippen LogP contribution in [0, 0.1) is 0 Å². The predicted molar refractivity (Wildman–Crippen MR) is 65.8 cm³/mol. The second-order valence-corrected chi connectivity index (χ2v) is 5.49. The maximum absolute atomic E-state index is 11.9. The third-order valence-electron chi connectivity index (χ3n) is 2.88. The van der Waals surface area contributed by atoms with Crippen LogP contribution in [-0.4, -0.2) is 35.0 Å². The molecule has 0 N–H and O–H groups in total. The Bertz CT molecular complexity index is 337. The highest BCUT2D eigenvalue weighted by molar-refractivity contribution is 5.95. The van der Waals surface area contributed by atoms with E-state index in [1.54, 1.807) is 13.1 Å². The van der Waals surface area contributed by atoms with Gasteiger partial charge in [0.05, 0.1) is 0 Å². The van der Waals surface area contributed by atoms with E-state index in [-0.39, 0.29) is 5.78 Å². The van der Waals surface area contributed by atoms with E-state index in [1.807, 2.05) is 20.8 Å². The Morgan fingerprint density at radius 3 is 2.29 bits per heavy atom. The van der Waals surface area contributed by atoms with E-state index in [4.69, 9.17) is 4.74 Å². The predicted octanol–water partition coefficient (Wildman–Crippen LogP) is 2.53. The molecule has 0 aromatic carbocycles. The summed E-state index contributed by atoms with van der Waals surface area (Å²) in [5.41, 5.74) is -1.18. The van der Waals surface area contributed by atoms with Gasteiger partial charge in [0.1, 0.15) is 11.1 Å². The number of Topliss-reactive ketones (excluding diaryl/α,β-unsaturated/α-hetero) is 1. The van der Waals surface area contributed by atoms with Crippen LogP contribution in [0.2, 0.25) is 0 Å². The van der Waals surface area contributed by atoms with Gasteiger partial charge in [0, 0.05) is 13.5 Å². The number of carbonyl (C=O) groups is 2. The van der Waals surface area contributed by atoms with Crippen molar-refractivity contribution in [3.05, 3.63) is 12.7 Å². The smallest absolute Gasteiger partial charge is 0.410 e. The van der Waals surface area contributed by atoms with E-state index in [0.29, 0.717) is 6.42 Å². The molecule has 1 rings (SSSR count). The molecule has 0 aromatic heterocycles. The Kier molecular flexibility index (Phi) is 3.65. The van der Waals surface area contributed by atoms with Gasteiger partial charge >= 0.3 is 6.09 Å². The molecule has 0 spiro atoms. The zero-order chi connectivity index (χ0) is 13.3. The fourth-order valence-corrected chi connectivity index (χ4v) is 1.75. The number of hydrogen-bond acceptors (Lipinski definition) is 3. The Balaban J connectivity index is 2.70. The molecule has 1 aliphatic carbocycles. The molecule has 1 saturated carbocycles. The van der Waals surface area contributed by atoms with E-state index >= 15 is 0 Å². The highest BCUT2D eigenvalue weighted by Gasteiger charge is 2.54. The summed E-state index contributed by atoms with van der Waals surface area (Å²) in [6.07, 6.45) is 2.87. The van der Waals surface area contributed by atoms with Gasteiger partial charge in [-0.1, -0.05) is 6.08 Å². The molecule has 0 radical (unpaired) electrons. The molecule has 1 fully saturated rings. The molecule has 1 amide bonds. The first-order valence-electron chi connectivity index (χ1n) is 5.84. The number of likely N-dealkylation sites (N-methyl/N-ethyl adjacent to an activating group) is 1. The molecule has 0 aromatic rings. The Labute approximate surface area is 103 Å². The molecule has 17 heavy (non-hydrogen) atoms. The SMILES string of the molecule is C=CCC(=O)C1(N(C)C(=O)OC(C)(C)C)CC1. The van der Waals surface area contributed by atoms with Gasteiger partial charge in [-0.2, -0.15) is 0 Å². The van der Waals surface area contributed by atoms with Crippen molar-refractivity contribution in [2.45, 2.75) is 51.2 Å². The highest BCUT2D eigenvalue weighted by Crippen LogP contribution is 2.43. The van der Waals surface area contributed by atoms with Gasteiger partial charge in [-0.05, 0) is 33.6 Å². The molecule has 0 unspecified atom stereocenters. The quantitative estimate of drug-likeness (QED) is 0.708. The van der Waals surface area contributed by atoms with Crippen LogP contribution in [-0.2, 0) is 9.53 Å². The topological polar surface area (TPSA) is 46.6 Å². The number of carbonyl (C=O) groups excluding carboxylic acids is 2. The van der Waals surface area contributed by atoms with E-state index < -0.39 is 17.2 Å². The van der Waals surface area contributed by atoms with Gasteiger partial charge in [0.25, 0.3) is 0 Å². The van der Waals surface area contributed by atoms with Crippen LogP contribution >= 0.6 is 0 Å². The second kappa shape index (κ2) is 4.51. The first-order chi connectivity index (χ1) is 7.73. The van der Waals surface area contributed by atoms with Crippen molar-refractivity contribution in [3.8, 4) is 0 Å². The third kappa shape index (κ3) is 3.08. The molecule has 0 bridgehead atoms. The van der Waals surface area contributed by atoms with Gasteiger partial charge < -0.3 is 4.74 Å². The van der Waals surface area contributed by atoms with Crippen LogP contribution in [0.3, 0.4) is 0 Å². The lowest BCUT2D eigenvalue weighted by atomic mass is 10.1. The zero-order valence-electron chi connectivity index (χ0n) is 11.1. The fraction of sp³-hybridized carbons (Fsp3) is 0.692. The van der Waals surface area contributed by atoms with E-state index in [9.17, 15) is 9.59 Å². The van der Waals surface area contributed by atoms with E-state index in [2.05, 4.69) is 6.58 Å². The number of hydrogen-bond donors (Lipinski definition) is 0. The van der Waals surface area contributed by atoms with Crippen LogP contribution in [0.5, 0.6) is 0 Å². The standard InChI is InChI=1S/C13H21NO3/c1-6-7-10(15)13(8-9-13)14(5)11(16)17-12(2,3)4/h6H,1,7-9H2,2-5H3. The van der Waals surface area contributed by atoms with Crippen LogP contribution in [0.25, 0.3) is 0 Å². The van der Waals surface area contributed by atoms with Crippen molar-refractivity contribution in [1.29, 1.82) is 0 Å². The largest absolute Gasteiger partial charge is 0.444 e. The Morgan fingerprint density at radius 1 is 1.41 bits per heavy atom. The lowest BCUT2D eigenvalue weighted by molar-refractivity contribution is -0.124.